The minimum atomic E-state index is -0.165. The van der Waals surface area contributed by atoms with Crippen LogP contribution in [-0.4, -0.2) is 25.2 Å². The Morgan fingerprint density at radius 1 is 0.769 bits per heavy atom. The van der Waals surface area contributed by atoms with Gasteiger partial charge in [-0.15, -0.1) is 0 Å². The van der Waals surface area contributed by atoms with E-state index in [0.717, 1.165) is 32.1 Å². The highest BCUT2D eigenvalue weighted by Gasteiger charge is 2.06. The zero-order chi connectivity index (χ0) is 19.5. The molecule has 4 nitrogen and oxygen atoms in total. The van der Waals surface area contributed by atoms with Gasteiger partial charge in [0.25, 0.3) is 0 Å². The number of carbonyl (C=O) groups is 2. The van der Waals surface area contributed by atoms with Crippen LogP contribution >= 0.6 is 0 Å². The van der Waals surface area contributed by atoms with Crippen LogP contribution in [0.15, 0.2) is 12.2 Å². The molecule has 0 amide bonds. The first-order chi connectivity index (χ1) is 12.6. The number of hydrogen-bond donors (Lipinski definition) is 0. The van der Waals surface area contributed by atoms with Gasteiger partial charge in [0.05, 0.1) is 13.2 Å². The maximum absolute atomic E-state index is 11.6. The van der Waals surface area contributed by atoms with Gasteiger partial charge in [-0.2, -0.15) is 0 Å². The van der Waals surface area contributed by atoms with E-state index >= 15 is 0 Å². The SMILES string of the molecule is CCCCC/C=C/CCCOC(=O)CCCCC(=O)OCCCC(C)C. The van der Waals surface area contributed by atoms with Crippen LogP contribution < -0.4 is 0 Å². The van der Waals surface area contributed by atoms with Crippen molar-refractivity contribution in [2.24, 2.45) is 5.92 Å². The highest BCUT2D eigenvalue weighted by atomic mass is 16.5. The van der Waals surface area contributed by atoms with Gasteiger partial charge in [-0.1, -0.05) is 45.8 Å². The second-order valence-electron chi connectivity index (χ2n) is 7.29. The monoisotopic (exact) mass is 368 g/mol. The lowest BCUT2D eigenvalue weighted by molar-refractivity contribution is -0.146. The first-order valence-electron chi connectivity index (χ1n) is 10.5. The summed E-state index contributed by atoms with van der Waals surface area (Å²) < 4.78 is 10.4. The summed E-state index contributed by atoms with van der Waals surface area (Å²) in [5.74, 6) is 0.316. The highest BCUT2D eigenvalue weighted by molar-refractivity contribution is 5.70. The van der Waals surface area contributed by atoms with Crippen molar-refractivity contribution in [3.8, 4) is 0 Å². The topological polar surface area (TPSA) is 52.6 Å². The third-order valence-corrected chi connectivity index (χ3v) is 4.12. The molecule has 26 heavy (non-hydrogen) atoms. The number of unbranched alkanes of at least 4 members (excludes halogenated alkanes) is 5. The average Bonchev–Trinajstić information content (AvgIpc) is 2.61. The number of ether oxygens (including phenoxy) is 2. The molecule has 0 aromatic heterocycles. The van der Waals surface area contributed by atoms with Gasteiger partial charge in [0.2, 0.25) is 0 Å². The maximum Gasteiger partial charge on any atom is 0.305 e. The predicted octanol–water partition coefficient (Wildman–Crippen LogP) is 5.99. The fourth-order valence-electron chi connectivity index (χ4n) is 2.50. The van der Waals surface area contributed by atoms with E-state index in [9.17, 15) is 9.59 Å². The number of esters is 2. The molecule has 4 heteroatoms. The summed E-state index contributed by atoms with van der Waals surface area (Å²) in [5, 5.41) is 0. The summed E-state index contributed by atoms with van der Waals surface area (Å²) >= 11 is 0. The van der Waals surface area contributed by atoms with E-state index in [-0.39, 0.29) is 11.9 Å². The molecule has 0 saturated heterocycles. The quantitative estimate of drug-likeness (QED) is 0.180. The Hall–Kier alpha value is -1.32. The molecule has 0 aliphatic carbocycles. The van der Waals surface area contributed by atoms with Gasteiger partial charge < -0.3 is 9.47 Å². The van der Waals surface area contributed by atoms with Crippen LogP contribution in [0.5, 0.6) is 0 Å². The molecule has 152 valence electrons. The van der Waals surface area contributed by atoms with Crippen molar-refractivity contribution in [1.29, 1.82) is 0 Å². The first-order valence-corrected chi connectivity index (χ1v) is 10.5. The molecule has 0 spiro atoms. The van der Waals surface area contributed by atoms with E-state index in [1.165, 1.54) is 19.3 Å². The third kappa shape index (κ3) is 19.0. The zero-order valence-electron chi connectivity index (χ0n) is 17.3. The Labute approximate surface area is 160 Å². The van der Waals surface area contributed by atoms with Crippen LogP contribution in [0.3, 0.4) is 0 Å². The summed E-state index contributed by atoms with van der Waals surface area (Å²) in [5.41, 5.74) is 0. The van der Waals surface area contributed by atoms with Crippen LogP contribution in [0, 0.1) is 5.92 Å². The van der Waals surface area contributed by atoms with Gasteiger partial charge in [0, 0.05) is 12.8 Å². The van der Waals surface area contributed by atoms with E-state index < -0.39 is 0 Å². The van der Waals surface area contributed by atoms with E-state index in [0.29, 0.717) is 44.8 Å². The summed E-state index contributed by atoms with van der Waals surface area (Å²) in [7, 11) is 0. The van der Waals surface area contributed by atoms with Crippen molar-refractivity contribution in [2.45, 2.75) is 97.8 Å². The molecule has 0 aromatic carbocycles. The van der Waals surface area contributed by atoms with Gasteiger partial charge in [0.15, 0.2) is 0 Å². The number of rotatable bonds is 17. The van der Waals surface area contributed by atoms with Crippen LogP contribution in [-0.2, 0) is 19.1 Å². The minimum Gasteiger partial charge on any atom is -0.466 e. The van der Waals surface area contributed by atoms with Crippen molar-refractivity contribution < 1.29 is 19.1 Å². The van der Waals surface area contributed by atoms with Crippen LogP contribution in [0.25, 0.3) is 0 Å². The predicted molar refractivity (Wildman–Crippen MR) is 107 cm³/mol. The lowest BCUT2D eigenvalue weighted by Crippen LogP contribution is -2.08. The molecule has 0 unspecified atom stereocenters. The summed E-state index contributed by atoms with van der Waals surface area (Å²) in [6.07, 6.45) is 15.3. The molecule has 0 rings (SSSR count). The van der Waals surface area contributed by atoms with Crippen LogP contribution in [0.4, 0.5) is 0 Å². The van der Waals surface area contributed by atoms with Gasteiger partial charge in [-0.05, 0) is 57.3 Å². The van der Waals surface area contributed by atoms with E-state index in [1.807, 2.05) is 0 Å². The molecule has 0 saturated carbocycles. The molecule has 0 radical (unpaired) electrons. The van der Waals surface area contributed by atoms with E-state index in [4.69, 9.17) is 9.47 Å². The van der Waals surface area contributed by atoms with Crippen molar-refractivity contribution in [3.05, 3.63) is 12.2 Å². The van der Waals surface area contributed by atoms with Gasteiger partial charge in [-0.25, -0.2) is 0 Å². The third-order valence-electron chi connectivity index (χ3n) is 4.12. The maximum atomic E-state index is 11.6. The van der Waals surface area contributed by atoms with Gasteiger partial charge >= 0.3 is 11.9 Å². The number of allylic oxidation sites excluding steroid dienone is 2. The minimum absolute atomic E-state index is 0.159. The van der Waals surface area contributed by atoms with Crippen molar-refractivity contribution in [2.75, 3.05) is 13.2 Å². The Morgan fingerprint density at radius 3 is 1.85 bits per heavy atom. The molecule has 0 aromatic rings. The van der Waals surface area contributed by atoms with Gasteiger partial charge in [-0.3, -0.25) is 9.59 Å². The highest BCUT2D eigenvalue weighted by Crippen LogP contribution is 2.06. The first kappa shape index (κ1) is 24.7. The Bertz CT molecular complexity index is 374. The number of carbonyl (C=O) groups excluding carboxylic acids is 2. The van der Waals surface area contributed by atoms with Crippen molar-refractivity contribution >= 4 is 11.9 Å². The lowest BCUT2D eigenvalue weighted by atomic mass is 10.1. The van der Waals surface area contributed by atoms with Crippen molar-refractivity contribution in [3.63, 3.8) is 0 Å². The van der Waals surface area contributed by atoms with Crippen LogP contribution in [0.2, 0.25) is 0 Å². The average molecular weight is 369 g/mol. The number of hydrogen-bond acceptors (Lipinski definition) is 4. The molecule has 0 bridgehead atoms. The summed E-state index contributed by atoms with van der Waals surface area (Å²) in [6.45, 7) is 7.51. The Morgan fingerprint density at radius 2 is 1.31 bits per heavy atom. The molecule has 0 N–H and O–H groups in total. The van der Waals surface area contributed by atoms with Crippen LogP contribution in [0.1, 0.15) is 97.8 Å². The van der Waals surface area contributed by atoms with Gasteiger partial charge in [0.1, 0.15) is 0 Å². The molecule has 0 heterocycles. The Balaban J connectivity index is 3.39. The molecule has 0 aliphatic heterocycles. The fourth-order valence-corrected chi connectivity index (χ4v) is 2.50. The summed E-state index contributed by atoms with van der Waals surface area (Å²) in [4.78, 5) is 23.2. The summed E-state index contributed by atoms with van der Waals surface area (Å²) in [6, 6.07) is 0. The standard InChI is InChI=1S/C22H40O4/c1-4-5-6-7-8-9-10-13-18-25-21(23)16-11-12-17-22(24)26-19-14-15-20(2)3/h8-9,20H,4-7,10-19H2,1-3H3/b9-8+. The van der Waals surface area contributed by atoms with E-state index in [2.05, 4.69) is 32.9 Å². The second kappa shape index (κ2) is 18.5. The molecular weight excluding hydrogens is 328 g/mol. The molecule has 0 atom stereocenters. The lowest BCUT2D eigenvalue weighted by Gasteiger charge is -2.06. The smallest absolute Gasteiger partial charge is 0.305 e. The Kier molecular flexibility index (Phi) is 17.5. The zero-order valence-corrected chi connectivity index (χ0v) is 17.3. The fraction of sp³-hybridized carbons (Fsp3) is 0.818. The van der Waals surface area contributed by atoms with E-state index in [1.54, 1.807) is 0 Å². The van der Waals surface area contributed by atoms with Crippen molar-refractivity contribution in [1.82, 2.24) is 0 Å². The second-order valence-corrected chi connectivity index (χ2v) is 7.29. The molecule has 0 fully saturated rings. The molecule has 0 aliphatic rings. The normalized spacial score (nSPS) is 11.2. The molecular formula is C22H40O4. The largest absolute Gasteiger partial charge is 0.466 e.